The lowest BCUT2D eigenvalue weighted by Crippen LogP contribution is -2.04. The van der Waals surface area contributed by atoms with Crippen molar-refractivity contribution in [3.8, 4) is 11.5 Å². The van der Waals surface area contributed by atoms with E-state index in [1.165, 1.54) is 27.2 Å². The molecule has 0 saturated heterocycles. The Labute approximate surface area is 99.0 Å². The molecule has 0 aromatic heterocycles. The van der Waals surface area contributed by atoms with Crippen molar-refractivity contribution in [2.75, 3.05) is 14.2 Å². The monoisotopic (exact) mass is 242 g/mol. The summed E-state index contributed by atoms with van der Waals surface area (Å²) in [5.74, 6) is -0.336. The van der Waals surface area contributed by atoms with Gasteiger partial charge in [-0.1, -0.05) is 0 Å². The standard InChI is InChI=1S/C12H15FO4/c1-7(13)9-4-8(6-11(14)15)5-10(16-2)12(9)17-3/h4-5,7H,6H2,1-3H3,(H,14,15). The quantitative estimate of drug-likeness (QED) is 0.861. The van der Waals surface area contributed by atoms with Crippen molar-refractivity contribution in [1.82, 2.24) is 0 Å². The van der Waals surface area contributed by atoms with Crippen LogP contribution in [-0.4, -0.2) is 25.3 Å². The first-order valence-corrected chi connectivity index (χ1v) is 5.10. The SMILES string of the molecule is COc1cc(CC(=O)O)cc(C(C)F)c1OC. The molecule has 0 spiro atoms. The molecule has 0 bridgehead atoms. The summed E-state index contributed by atoms with van der Waals surface area (Å²) in [5, 5.41) is 8.72. The van der Waals surface area contributed by atoms with Gasteiger partial charge in [0.2, 0.25) is 0 Å². The van der Waals surface area contributed by atoms with Crippen LogP contribution in [0.1, 0.15) is 24.2 Å². The Bertz CT molecular complexity index is 415. The number of benzene rings is 1. The molecular weight excluding hydrogens is 227 g/mol. The fraction of sp³-hybridized carbons (Fsp3) is 0.417. The molecule has 0 fully saturated rings. The maximum atomic E-state index is 13.4. The fourth-order valence-electron chi connectivity index (χ4n) is 1.63. The molecule has 1 aromatic rings. The van der Waals surface area contributed by atoms with E-state index in [9.17, 15) is 9.18 Å². The van der Waals surface area contributed by atoms with Gasteiger partial charge in [0.25, 0.3) is 0 Å². The molecule has 0 aliphatic carbocycles. The molecule has 0 aliphatic rings. The van der Waals surface area contributed by atoms with Gasteiger partial charge in [0.05, 0.1) is 20.6 Å². The number of alkyl halides is 1. The van der Waals surface area contributed by atoms with E-state index in [1.54, 1.807) is 6.07 Å². The van der Waals surface area contributed by atoms with Crippen molar-refractivity contribution >= 4 is 5.97 Å². The molecule has 0 saturated carbocycles. The molecule has 1 N–H and O–H groups in total. The van der Waals surface area contributed by atoms with Gasteiger partial charge >= 0.3 is 5.97 Å². The molecule has 1 aromatic carbocycles. The van der Waals surface area contributed by atoms with Crippen LogP contribution >= 0.6 is 0 Å². The number of rotatable bonds is 5. The van der Waals surface area contributed by atoms with Crippen LogP contribution in [0.3, 0.4) is 0 Å². The molecule has 0 heterocycles. The summed E-state index contributed by atoms with van der Waals surface area (Å²) in [7, 11) is 2.84. The van der Waals surface area contributed by atoms with E-state index in [1.807, 2.05) is 0 Å². The van der Waals surface area contributed by atoms with Crippen LogP contribution in [0.4, 0.5) is 4.39 Å². The highest BCUT2D eigenvalue weighted by Crippen LogP contribution is 2.37. The van der Waals surface area contributed by atoms with Gasteiger partial charge in [-0.05, 0) is 24.6 Å². The minimum Gasteiger partial charge on any atom is -0.493 e. The van der Waals surface area contributed by atoms with E-state index < -0.39 is 12.1 Å². The summed E-state index contributed by atoms with van der Waals surface area (Å²) < 4.78 is 23.6. The largest absolute Gasteiger partial charge is 0.493 e. The van der Waals surface area contributed by atoms with E-state index >= 15 is 0 Å². The van der Waals surface area contributed by atoms with Crippen molar-refractivity contribution in [1.29, 1.82) is 0 Å². The smallest absolute Gasteiger partial charge is 0.307 e. The Morgan fingerprint density at radius 2 is 2.06 bits per heavy atom. The van der Waals surface area contributed by atoms with Crippen LogP contribution in [0.2, 0.25) is 0 Å². The summed E-state index contributed by atoms with van der Waals surface area (Å²) in [6.07, 6.45) is -1.44. The second kappa shape index (κ2) is 5.52. The van der Waals surface area contributed by atoms with E-state index in [0.717, 1.165) is 0 Å². The molecule has 94 valence electrons. The van der Waals surface area contributed by atoms with Gasteiger partial charge in [-0.15, -0.1) is 0 Å². The first kappa shape index (κ1) is 13.3. The van der Waals surface area contributed by atoms with Crippen molar-refractivity contribution in [3.05, 3.63) is 23.3 Å². The molecule has 17 heavy (non-hydrogen) atoms. The van der Waals surface area contributed by atoms with Gasteiger partial charge in [0.15, 0.2) is 11.5 Å². The zero-order chi connectivity index (χ0) is 13.0. The number of carbonyl (C=O) groups is 1. The minimum atomic E-state index is -1.26. The fourth-order valence-corrected chi connectivity index (χ4v) is 1.63. The molecule has 1 rings (SSSR count). The van der Waals surface area contributed by atoms with Gasteiger partial charge in [-0.2, -0.15) is 0 Å². The topological polar surface area (TPSA) is 55.8 Å². The zero-order valence-corrected chi connectivity index (χ0v) is 9.99. The number of hydrogen-bond acceptors (Lipinski definition) is 3. The number of ether oxygens (including phenoxy) is 2. The highest BCUT2D eigenvalue weighted by Gasteiger charge is 2.17. The zero-order valence-electron chi connectivity index (χ0n) is 9.99. The van der Waals surface area contributed by atoms with E-state index in [2.05, 4.69) is 0 Å². The number of carboxylic acid groups (broad SMARTS) is 1. The van der Waals surface area contributed by atoms with Crippen LogP contribution in [0, 0.1) is 0 Å². The molecule has 1 atom stereocenters. The van der Waals surface area contributed by atoms with Crippen LogP contribution < -0.4 is 9.47 Å². The Balaban J connectivity index is 3.29. The van der Waals surface area contributed by atoms with Crippen LogP contribution in [0.25, 0.3) is 0 Å². The maximum Gasteiger partial charge on any atom is 0.307 e. The molecular formula is C12H15FO4. The molecule has 0 aliphatic heterocycles. The lowest BCUT2D eigenvalue weighted by atomic mass is 10.0. The average molecular weight is 242 g/mol. The van der Waals surface area contributed by atoms with Crippen molar-refractivity contribution in [2.45, 2.75) is 19.5 Å². The van der Waals surface area contributed by atoms with Crippen LogP contribution in [0.15, 0.2) is 12.1 Å². The summed E-state index contributed by atoms with van der Waals surface area (Å²) in [4.78, 5) is 10.6. The first-order chi connectivity index (χ1) is 7.99. The molecule has 5 heteroatoms. The van der Waals surface area contributed by atoms with Gasteiger partial charge in [0.1, 0.15) is 6.17 Å². The second-order valence-electron chi connectivity index (χ2n) is 3.61. The van der Waals surface area contributed by atoms with Crippen molar-refractivity contribution in [2.24, 2.45) is 0 Å². The van der Waals surface area contributed by atoms with Gasteiger partial charge in [0, 0.05) is 5.56 Å². The average Bonchev–Trinajstić information content (AvgIpc) is 2.26. The number of carboxylic acids is 1. The third-order valence-electron chi connectivity index (χ3n) is 2.35. The van der Waals surface area contributed by atoms with Gasteiger partial charge in [-0.3, -0.25) is 4.79 Å². The van der Waals surface area contributed by atoms with Gasteiger partial charge in [-0.25, -0.2) is 4.39 Å². The van der Waals surface area contributed by atoms with E-state index in [0.29, 0.717) is 22.6 Å². The second-order valence-corrected chi connectivity index (χ2v) is 3.61. The third kappa shape index (κ3) is 3.09. The Morgan fingerprint density at radius 1 is 1.41 bits per heavy atom. The maximum absolute atomic E-state index is 13.4. The summed E-state index contributed by atoms with van der Waals surface area (Å²) in [6.45, 7) is 1.36. The molecule has 4 nitrogen and oxygen atoms in total. The van der Waals surface area contributed by atoms with E-state index in [-0.39, 0.29) is 6.42 Å². The molecule has 0 amide bonds. The normalized spacial score (nSPS) is 12.0. The number of aliphatic carboxylic acids is 1. The number of halogens is 1. The Kier molecular flexibility index (Phi) is 4.31. The summed E-state index contributed by atoms with van der Waals surface area (Å²) in [6, 6.07) is 3.03. The van der Waals surface area contributed by atoms with Gasteiger partial charge < -0.3 is 14.6 Å². The number of hydrogen-bond donors (Lipinski definition) is 1. The Morgan fingerprint density at radius 3 is 2.47 bits per heavy atom. The minimum absolute atomic E-state index is 0.180. The summed E-state index contributed by atoms with van der Waals surface area (Å²) >= 11 is 0. The lowest BCUT2D eigenvalue weighted by Gasteiger charge is -2.15. The molecule has 0 radical (unpaired) electrons. The van der Waals surface area contributed by atoms with Crippen molar-refractivity contribution < 1.29 is 23.8 Å². The van der Waals surface area contributed by atoms with Crippen molar-refractivity contribution in [3.63, 3.8) is 0 Å². The highest BCUT2D eigenvalue weighted by molar-refractivity contribution is 5.71. The Hall–Kier alpha value is -1.78. The highest BCUT2D eigenvalue weighted by atomic mass is 19.1. The predicted molar refractivity (Wildman–Crippen MR) is 60.4 cm³/mol. The van der Waals surface area contributed by atoms with Crippen LogP contribution in [0.5, 0.6) is 11.5 Å². The van der Waals surface area contributed by atoms with Crippen LogP contribution in [-0.2, 0) is 11.2 Å². The number of methoxy groups -OCH3 is 2. The molecule has 1 unspecified atom stereocenters. The lowest BCUT2D eigenvalue weighted by molar-refractivity contribution is -0.136. The predicted octanol–water partition coefficient (Wildman–Crippen LogP) is 2.36. The van der Waals surface area contributed by atoms with E-state index in [4.69, 9.17) is 14.6 Å². The first-order valence-electron chi connectivity index (χ1n) is 5.10. The third-order valence-corrected chi connectivity index (χ3v) is 2.35. The summed E-state index contributed by atoms with van der Waals surface area (Å²) in [5.41, 5.74) is 0.776.